The molecule has 0 amide bonds. The van der Waals surface area contributed by atoms with Crippen LogP contribution < -0.4 is 5.73 Å². The van der Waals surface area contributed by atoms with Gasteiger partial charge in [0.05, 0.1) is 0 Å². The third-order valence-corrected chi connectivity index (χ3v) is 2.90. The van der Waals surface area contributed by atoms with Crippen molar-refractivity contribution in [2.24, 2.45) is 11.7 Å². The monoisotopic (exact) mass is 243 g/mol. The van der Waals surface area contributed by atoms with Gasteiger partial charge in [0.2, 0.25) is 0 Å². The number of rotatable bonds is 4. The molecule has 0 bridgehead atoms. The molecule has 0 aromatic heterocycles. The van der Waals surface area contributed by atoms with Crippen LogP contribution in [-0.4, -0.2) is 11.8 Å². The Morgan fingerprint density at radius 1 is 1.50 bits per heavy atom. The summed E-state index contributed by atoms with van der Waals surface area (Å²) in [7, 11) is 0. The third kappa shape index (κ3) is 3.29. The zero-order valence-corrected chi connectivity index (χ0v) is 10.1. The molecular formula is C12H15ClFNO. The Labute approximate surface area is 99.6 Å². The van der Waals surface area contributed by atoms with E-state index in [0.29, 0.717) is 10.6 Å². The minimum absolute atomic E-state index is 0.0368. The van der Waals surface area contributed by atoms with E-state index in [9.17, 15) is 9.18 Å². The molecule has 0 saturated heterocycles. The Bertz CT molecular complexity index is 393. The number of hydrogen-bond donors (Lipinski definition) is 1. The number of halogens is 2. The molecule has 1 rings (SSSR count). The largest absolute Gasteiger partial charge is 0.327 e. The van der Waals surface area contributed by atoms with Crippen molar-refractivity contribution in [1.82, 2.24) is 0 Å². The van der Waals surface area contributed by atoms with Crippen molar-refractivity contribution in [3.63, 3.8) is 0 Å². The minimum Gasteiger partial charge on any atom is -0.327 e. The van der Waals surface area contributed by atoms with Gasteiger partial charge in [-0.3, -0.25) is 4.79 Å². The predicted molar refractivity (Wildman–Crippen MR) is 62.9 cm³/mol. The predicted octanol–water partition coefficient (Wildman–Crippen LogP) is 2.57. The van der Waals surface area contributed by atoms with Crippen molar-refractivity contribution < 1.29 is 9.18 Å². The maximum Gasteiger partial charge on any atom is 0.141 e. The number of nitrogens with two attached hydrogens (primary N) is 1. The fraction of sp³-hybridized carbons (Fsp3) is 0.417. The van der Waals surface area contributed by atoms with E-state index in [0.717, 1.165) is 0 Å². The average Bonchev–Trinajstić information content (AvgIpc) is 2.22. The first-order chi connectivity index (χ1) is 7.41. The number of benzene rings is 1. The lowest BCUT2D eigenvalue weighted by atomic mass is 9.94. The standard InChI is InChI=1S/C12H15ClFNO/c1-7(8(2)15)12(16)6-9-5-10(13)3-4-11(9)14/h3-5,7-8H,6,15H2,1-2H3. The van der Waals surface area contributed by atoms with Gasteiger partial charge in [-0.2, -0.15) is 0 Å². The van der Waals surface area contributed by atoms with Crippen LogP contribution >= 0.6 is 11.6 Å². The molecule has 2 unspecified atom stereocenters. The van der Waals surface area contributed by atoms with Gasteiger partial charge in [-0.05, 0) is 30.7 Å². The highest BCUT2D eigenvalue weighted by atomic mass is 35.5. The molecule has 0 aliphatic carbocycles. The summed E-state index contributed by atoms with van der Waals surface area (Å²) in [5.74, 6) is -0.760. The summed E-state index contributed by atoms with van der Waals surface area (Å²) < 4.78 is 13.4. The number of Topliss-reactive ketones (excluding diaryl/α,β-unsaturated/α-hetero) is 1. The SMILES string of the molecule is CC(N)C(C)C(=O)Cc1cc(Cl)ccc1F. The van der Waals surface area contributed by atoms with Gasteiger partial charge in [0.25, 0.3) is 0 Å². The average molecular weight is 244 g/mol. The van der Waals surface area contributed by atoms with E-state index in [1.807, 2.05) is 0 Å². The zero-order valence-electron chi connectivity index (χ0n) is 9.34. The van der Waals surface area contributed by atoms with Crippen molar-refractivity contribution in [3.05, 3.63) is 34.6 Å². The van der Waals surface area contributed by atoms with Crippen LogP contribution in [0.4, 0.5) is 4.39 Å². The van der Waals surface area contributed by atoms with Gasteiger partial charge in [-0.15, -0.1) is 0 Å². The molecule has 0 aliphatic heterocycles. The molecular weight excluding hydrogens is 229 g/mol. The Kier molecular flexibility index (Phi) is 4.44. The van der Waals surface area contributed by atoms with Crippen LogP contribution in [0, 0.1) is 11.7 Å². The molecule has 1 aromatic carbocycles. The van der Waals surface area contributed by atoms with Gasteiger partial charge in [0.15, 0.2) is 0 Å². The van der Waals surface area contributed by atoms with Crippen molar-refractivity contribution in [3.8, 4) is 0 Å². The number of carbonyl (C=O) groups excluding carboxylic acids is 1. The van der Waals surface area contributed by atoms with Crippen LogP contribution in [0.1, 0.15) is 19.4 Å². The summed E-state index contributed by atoms with van der Waals surface area (Å²) in [6.07, 6.45) is 0.0368. The normalized spacial score (nSPS) is 14.6. The van der Waals surface area contributed by atoms with E-state index in [4.69, 9.17) is 17.3 Å². The zero-order chi connectivity index (χ0) is 12.3. The van der Waals surface area contributed by atoms with Crippen LogP contribution in [-0.2, 0) is 11.2 Å². The second-order valence-electron chi connectivity index (χ2n) is 4.03. The van der Waals surface area contributed by atoms with E-state index in [1.54, 1.807) is 13.8 Å². The third-order valence-electron chi connectivity index (χ3n) is 2.67. The van der Waals surface area contributed by atoms with Crippen LogP contribution in [0.15, 0.2) is 18.2 Å². The van der Waals surface area contributed by atoms with Crippen LogP contribution in [0.2, 0.25) is 5.02 Å². The maximum atomic E-state index is 13.4. The Morgan fingerprint density at radius 2 is 2.12 bits per heavy atom. The fourth-order valence-corrected chi connectivity index (χ4v) is 1.52. The highest BCUT2D eigenvalue weighted by Gasteiger charge is 2.18. The van der Waals surface area contributed by atoms with Gasteiger partial charge in [-0.25, -0.2) is 4.39 Å². The van der Waals surface area contributed by atoms with Crippen LogP contribution in [0.5, 0.6) is 0 Å². The minimum atomic E-state index is -0.408. The van der Waals surface area contributed by atoms with Gasteiger partial charge in [0, 0.05) is 23.4 Å². The summed E-state index contributed by atoms with van der Waals surface area (Å²) in [6, 6.07) is 3.97. The van der Waals surface area contributed by atoms with E-state index in [-0.39, 0.29) is 24.2 Å². The molecule has 0 radical (unpaired) electrons. The second-order valence-corrected chi connectivity index (χ2v) is 4.46. The van der Waals surface area contributed by atoms with E-state index in [1.165, 1.54) is 18.2 Å². The first-order valence-corrected chi connectivity index (χ1v) is 5.52. The van der Waals surface area contributed by atoms with Gasteiger partial charge >= 0.3 is 0 Å². The summed E-state index contributed by atoms with van der Waals surface area (Å²) in [5, 5.41) is 0.428. The first-order valence-electron chi connectivity index (χ1n) is 5.14. The van der Waals surface area contributed by atoms with Gasteiger partial charge in [0.1, 0.15) is 11.6 Å². The van der Waals surface area contributed by atoms with Crippen molar-refractivity contribution in [2.75, 3.05) is 0 Å². The highest BCUT2D eigenvalue weighted by Crippen LogP contribution is 2.17. The van der Waals surface area contributed by atoms with Crippen molar-refractivity contribution >= 4 is 17.4 Å². The molecule has 0 spiro atoms. The second kappa shape index (κ2) is 5.41. The summed E-state index contributed by atoms with van der Waals surface area (Å²) in [5.41, 5.74) is 5.94. The van der Waals surface area contributed by atoms with Gasteiger partial charge < -0.3 is 5.73 Å². The number of hydrogen-bond acceptors (Lipinski definition) is 2. The molecule has 4 heteroatoms. The molecule has 2 N–H and O–H groups in total. The van der Waals surface area contributed by atoms with E-state index in [2.05, 4.69) is 0 Å². The molecule has 0 aliphatic rings. The molecule has 0 saturated carbocycles. The maximum absolute atomic E-state index is 13.4. The molecule has 1 aromatic rings. The Morgan fingerprint density at radius 3 is 2.69 bits per heavy atom. The Balaban J connectivity index is 2.80. The molecule has 2 nitrogen and oxygen atoms in total. The lowest BCUT2D eigenvalue weighted by molar-refractivity contribution is -0.122. The highest BCUT2D eigenvalue weighted by molar-refractivity contribution is 6.30. The Hall–Kier alpha value is -0.930. The molecule has 16 heavy (non-hydrogen) atoms. The summed E-state index contributed by atoms with van der Waals surface area (Å²) in [4.78, 5) is 11.7. The molecule has 0 heterocycles. The summed E-state index contributed by atoms with van der Waals surface area (Å²) >= 11 is 5.74. The fourth-order valence-electron chi connectivity index (χ4n) is 1.32. The molecule has 0 fully saturated rings. The lowest BCUT2D eigenvalue weighted by Gasteiger charge is -2.14. The molecule has 2 atom stereocenters. The smallest absolute Gasteiger partial charge is 0.141 e. The quantitative estimate of drug-likeness (QED) is 0.883. The number of carbonyl (C=O) groups is 1. The van der Waals surface area contributed by atoms with E-state index < -0.39 is 5.82 Å². The number of ketones is 1. The van der Waals surface area contributed by atoms with Crippen molar-refractivity contribution in [2.45, 2.75) is 26.3 Å². The topological polar surface area (TPSA) is 43.1 Å². The first kappa shape index (κ1) is 13.1. The molecule has 88 valence electrons. The van der Waals surface area contributed by atoms with Crippen LogP contribution in [0.25, 0.3) is 0 Å². The van der Waals surface area contributed by atoms with Gasteiger partial charge in [-0.1, -0.05) is 18.5 Å². The van der Waals surface area contributed by atoms with Crippen molar-refractivity contribution in [1.29, 1.82) is 0 Å². The van der Waals surface area contributed by atoms with E-state index >= 15 is 0 Å². The summed E-state index contributed by atoms with van der Waals surface area (Å²) in [6.45, 7) is 3.51. The lowest BCUT2D eigenvalue weighted by Crippen LogP contribution is -2.31. The van der Waals surface area contributed by atoms with Crippen LogP contribution in [0.3, 0.4) is 0 Å².